The number of halogens is 2. The third-order valence-electron chi connectivity index (χ3n) is 2.76. The van der Waals surface area contributed by atoms with E-state index >= 15 is 0 Å². The van der Waals surface area contributed by atoms with E-state index in [1.165, 1.54) is 31.4 Å². The van der Waals surface area contributed by atoms with Crippen molar-refractivity contribution in [3.8, 4) is 0 Å². The van der Waals surface area contributed by atoms with Gasteiger partial charge in [0.15, 0.2) is 0 Å². The number of amides is 1. The lowest BCUT2D eigenvalue weighted by Crippen LogP contribution is -2.17. The van der Waals surface area contributed by atoms with Crippen molar-refractivity contribution in [1.82, 2.24) is 0 Å². The molecule has 4 nitrogen and oxygen atoms in total. The van der Waals surface area contributed by atoms with Crippen LogP contribution in [0.4, 0.5) is 10.1 Å². The highest BCUT2D eigenvalue weighted by molar-refractivity contribution is 9.10. The van der Waals surface area contributed by atoms with Gasteiger partial charge in [-0.3, -0.25) is 4.79 Å². The molecule has 2 aromatic rings. The highest BCUT2D eigenvalue weighted by atomic mass is 79.9. The lowest BCUT2D eigenvalue weighted by Gasteiger charge is -2.09. The Morgan fingerprint density at radius 1 is 1.14 bits per heavy atom. The lowest BCUT2D eigenvalue weighted by molar-refractivity contribution is 0.0597. The molecule has 0 bridgehead atoms. The summed E-state index contributed by atoms with van der Waals surface area (Å²) >= 11 is 3.13. The van der Waals surface area contributed by atoms with Gasteiger partial charge in [0.05, 0.1) is 23.9 Å². The number of nitrogens with one attached hydrogen (secondary N) is 1. The third kappa shape index (κ3) is 3.46. The summed E-state index contributed by atoms with van der Waals surface area (Å²) in [5.41, 5.74) is 0.268. The number of ether oxygens (including phenoxy) is 1. The number of rotatable bonds is 3. The predicted octanol–water partition coefficient (Wildman–Crippen LogP) is 3.63. The number of esters is 1. The van der Waals surface area contributed by atoms with Crippen LogP contribution in [0.25, 0.3) is 0 Å². The van der Waals surface area contributed by atoms with Crippen molar-refractivity contribution in [2.75, 3.05) is 12.4 Å². The van der Waals surface area contributed by atoms with Crippen molar-refractivity contribution < 1.29 is 18.7 Å². The Morgan fingerprint density at radius 2 is 1.81 bits per heavy atom. The maximum atomic E-state index is 13.7. The van der Waals surface area contributed by atoms with E-state index in [2.05, 4.69) is 26.0 Å². The van der Waals surface area contributed by atoms with Gasteiger partial charge in [0.1, 0.15) is 5.82 Å². The Kier molecular flexibility index (Phi) is 4.70. The average molecular weight is 352 g/mol. The molecule has 0 radical (unpaired) electrons. The van der Waals surface area contributed by atoms with Gasteiger partial charge in [-0.15, -0.1) is 0 Å². The maximum absolute atomic E-state index is 13.7. The van der Waals surface area contributed by atoms with E-state index in [-0.39, 0.29) is 16.8 Å². The molecule has 1 N–H and O–H groups in total. The summed E-state index contributed by atoms with van der Waals surface area (Å²) in [6.07, 6.45) is 0. The first-order valence-corrected chi connectivity index (χ1v) is 6.76. The second-order valence-corrected chi connectivity index (χ2v) is 5.03. The summed E-state index contributed by atoms with van der Waals surface area (Å²) in [7, 11) is 1.23. The van der Waals surface area contributed by atoms with Gasteiger partial charge in [-0.2, -0.15) is 0 Å². The quantitative estimate of drug-likeness (QED) is 0.859. The lowest BCUT2D eigenvalue weighted by atomic mass is 10.1. The molecular weight excluding hydrogens is 341 g/mol. The van der Waals surface area contributed by atoms with Gasteiger partial charge < -0.3 is 10.1 Å². The van der Waals surface area contributed by atoms with Crippen LogP contribution in [0.1, 0.15) is 20.7 Å². The molecule has 0 saturated heterocycles. The van der Waals surface area contributed by atoms with Gasteiger partial charge in [0.2, 0.25) is 0 Å². The normalized spacial score (nSPS) is 10.0. The van der Waals surface area contributed by atoms with Crippen molar-refractivity contribution in [2.45, 2.75) is 0 Å². The maximum Gasteiger partial charge on any atom is 0.338 e. The summed E-state index contributed by atoms with van der Waals surface area (Å²) in [6.45, 7) is 0. The molecular formula is C15H11BrFNO3. The van der Waals surface area contributed by atoms with E-state index in [1.54, 1.807) is 18.2 Å². The largest absolute Gasteiger partial charge is 0.465 e. The Labute approximate surface area is 129 Å². The fourth-order valence-corrected chi connectivity index (χ4v) is 2.08. The van der Waals surface area contributed by atoms with Crippen LogP contribution >= 0.6 is 15.9 Å². The second kappa shape index (κ2) is 6.49. The van der Waals surface area contributed by atoms with Crippen molar-refractivity contribution in [2.24, 2.45) is 0 Å². The first-order chi connectivity index (χ1) is 10.0. The second-order valence-electron chi connectivity index (χ2n) is 4.12. The zero-order chi connectivity index (χ0) is 15.4. The Hall–Kier alpha value is -2.21. The van der Waals surface area contributed by atoms with Crippen LogP contribution in [0.3, 0.4) is 0 Å². The summed E-state index contributed by atoms with van der Waals surface area (Å²) in [5, 5.41) is 2.43. The predicted molar refractivity (Wildman–Crippen MR) is 79.8 cm³/mol. The molecule has 0 aromatic heterocycles. The van der Waals surface area contributed by atoms with Crippen LogP contribution in [0.2, 0.25) is 0 Å². The molecule has 1 amide bonds. The summed E-state index contributed by atoms with van der Waals surface area (Å²) in [4.78, 5) is 23.8. The Morgan fingerprint density at radius 3 is 2.43 bits per heavy atom. The molecule has 0 heterocycles. The number of hydrogen-bond donors (Lipinski definition) is 1. The van der Waals surface area contributed by atoms with Crippen molar-refractivity contribution in [3.05, 3.63) is 63.9 Å². The van der Waals surface area contributed by atoms with E-state index in [0.29, 0.717) is 4.47 Å². The molecule has 21 heavy (non-hydrogen) atoms. The monoisotopic (exact) mass is 351 g/mol. The van der Waals surface area contributed by atoms with Crippen LogP contribution < -0.4 is 5.32 Å². The molecule has 0 atom stereocenters. The van der Waals surface area contributed by atoms with Gasteiger partial charge >= 0.3 is 5.97 Å². The molecule has 0 aliphatic rings. The fraction of sp³-hybridized carbons (Fsp3) is 0.0667. The molecule has 0 saturated carbocycles. The van der Waals surface area contributed by atoms with Crippen LogP contribution in [0.15, 0.2) is 46.9 Å². The van der Waals surface area contributed by atoms with Crippen molar-refractivity contribution >= 4 is 33.5 Å². The van der Waals surface area contributed by atoms with Crippen LogP contribution in [0, 0.1) is 5.82 Å². The Bertz CT molecular complexity index is 703. The van der Waals surface area contributed by atoms with Gasteiger partial charge in [-0.25, -0.2) is 9.18 Å². The van der Waals surface area contributed by atoms with Crippen LogP contribution in [0.5, 0.6) is 0 Å². The Balaban J connectivity index is 2.31. The van der Waals surface area contributed by atoms with Crippen molar-refractivity contribution in [3.63, 3.8) is 0 Å². The molecule has 0 spiro atoms. The average Bonchev–Trinajstić information content (AvgIpc) is 2.49. The number of carbonyl (C=O) groups excluding carboxylic acids is 2. The number of methoxy groups -OCH3 is 1. The minimum atomic E-state index is -0.628. The molecule has 2 aromatic carbocycles. The van der Waals surface area contributed by atoms with Gasteiger partial charge in [0, 0.05) is 4.47 Å². The number of hydrogen-bond acceptors (Lipinski definition) is 3. The zero-order valence-corrected chi connectivity index (χ0v) is 12.6. The van der Waals surface area contributed by atoms with E-state index in [1.807, 2.05) is 0 Å². The molecule has 6 heteroatoms. The van der Waals surface area contributed by atoms with Gasteiger partial charge in [0.25, 0.3) is 5.91 Å². The fourth-order valence-electron chi connectivity index (χ4n) is 1.75. The molecule has 0 fully saturated rings. The molecule has 0 unspecified atom stereocenters. The minimum absolute atomic E-state index is 0.0304. The van der Waals surface area contributed by atoms with Crippen LogP contribution in [-0.2, 0) is 4.74 Å². The molecule has 2 rings (SSSR count). The van der Waals surface area contributed by atoms with Crippen LogP contribution in [-0.4, -0.2) is 19.0 Å². The van der Waals surface area contributed by atoms with Gasteiger partial charge in [-0.05, 0) is 30.3 Å². The summed E-state index contributed by atoms with van der Waals surface area (Å²) < 4.78 is 18.9. The molecule has 0 aliphatic heterocycles. The first-order valence-electron chi connectivity index (χ1n) is 5.96. The highest BCUT2D eigenvalue weighted by Gasteiger charge is 2.18. The van der Waals surface area contributed by atoms with Gasteiger partial charge in [-0.1, -0.05) is 28.1 Å². The summed E-state index contributed by atoms with van der Waals surface area (Å²) in [6, 6.07) is 10.4. The molecule has 108 valence electrons. The first kappa shape index (κ1) is 15.2. The number of carbonyl (C=O) groups is 2. The van der Waals surface area contributed by atoms with E-state index in [0.717, 1.165) is 0 Å². The highest BCUT2D eigenvalue weighted by Crippen LogP contribution is 2.20. The zero-order valence-electron chi connectivity index (χ0n) is 11.0. The topological polar surface area (TPSA) is 55.4 Å². The number of benzene rings is 2. The minimum Gasteiger partial charge on any atom is -0.465 e. The summed E-state index contributed by atoms with van der Waals surface area (Å²) in [5.74, 6) is -1.79. The SMILES string of the molecule is COC(=O)c1ccccc1C(=O)Nc1ccc(Br)cc1F. The van der Waals surface area contributed by atoms with E-state index in [4.69, 9.17) is 0 Å². The standard InChI is InChI=1S/C15H11BrFNO3/c1-21-15(20)11-5-3-2-4-10(11)14(19)18-13-7-6-9(16)8-12(13)17/h2-8H,1H3,(H,18,19). The molecule has 0 aliphatic carbocycles. The van der Waals surface area contributed by atoms with Crippen molar-refractivity contribution in [1.29, 1.82) is 0 Å². The van der Waals surface area contributed by atoms with E-state index in [9.17, 15) is 14.0 Å². The van der Waals surface area contributed by atoms with E-state index < -0.39 is 17.7 Å². The number of anilines is 1. The smallest absolute Gasteiger partial charge is 0.338 e. The third-order valence-corrected chi connectivity index (χ3v) is 3.25.